The molecule has 0 bridgehead atoms. The second-order valence-electron chi connectivity index (χ2n) is 4.70. The summed E-state index contributed by atoms with van der Waals surface area (Å²) in [5, 5.41) is 5.86. The molecule has 0 unspecified atom stereocenters. The van der Waals surface area contributed by atoms with Crippen molar-refractivity contribution < 1.29 is 0 Å². The monoisotopic (exact) mass is 260 g/mol. The maximum atomic E-state index is 4.64. The number of aromatic nitrogens is 2. The molecular formula is C16H12N4. The molecule has 4 nitrogen and oxygen atoms in total. The van der Waals surface area contributed by atoms with E-state index in [9.17, 15) is 0 Å². The highest BCUT2D eigenvalue weighted by molar-refractivity contribution is 6.25. The topological polar surface area (TPSA) is 50.2 Å². The molecule has 1 N–H and O–H groups in total. The number of amidine groups is 1. The molecule has 1 aliphatic rings. The van der Waals surface area contributed by atoms with Crippen LogP contribution in [0.2, 0.25) is 0 Å². The fraction of sp³-hybridized carbons (Fsp3) is 0.0625. The van der Waals surface area contributed by atoms with E-state index in [-0.39, 0.29) is 0 Å². The Bertz CT molecular complexity index is 804. The van der Waals surface area contributed by atoms with Crippen molar-refractivity contribution >= 4 is 22.3 Å². The van der Waals surface area contributed by atoms with Gasteiger partial charge in [-0.2, -0.15) is 0 Å². The third-order valence-corrected chi connectivity index (χ3v) is 3.43. The maximum absolute atomic E-state index is 4.64. The second kappa shape index (κ2) is 4.42. The van der Waals surface area contributed by atoms with Crippen molar-refractivity contribution in [2.24, 2.45) is 4.99 Å². The lowest BCUT2D eigenvalue weighted by molar-refractivity contribution is 0.963. The predicted octanol–water partition coefficient (Wildman–Crippen LogP) is 3.00. The number of rotatable bonds is 2. The second-order valence-corrected chi connectivity index (χ2v) is 4.70. The lowest BCUT2D eigenvalue weighted by atomic mass is 10.1. The van der Waals surface area contributed by atoms with Crippen LogP contribution in [0, 0.1) is 0 Å². The molecular weight excluding hydrogens is 248 g/mol. The van der Waals surface area contributed by atoms with E-state index in [4.69, 9.17) is 0 Å². The first-order chi connectivity index (χ1) is 9.92. The average molecular weight is 260 g/mol. The number of nitrogens with zero attached hydrogens (tertiary/aromatic N) is 3. The van der Waals surface area contributed by atoms with Gasteiger partial charge in [0.2, 0.25) is 0 Å². The number of hydrogen-bond acceptors (Lipinski definition) is 3. The van der Waals surface area contributed by atoms with E-state index in [0.29, 0.717) is 6.54 Å². The summed E-state index contributed by atoms with van der Waals surface area (Å²) in [6.07, 6.45) is 5.10. The standard InChI is InChI=1S/C16H12N4/c1-3-11-4-2-6-14-15(11)13(5-1)16(20-14)19-10-12-9-17-7-8-18-12/h1-9H,10H2,(H,19,20). The zero-order valence-corrected chi connectivity index (χ0v) is 10.7. The Balaban J connectivity index is 1.75. The first-order valence-corrected chi connectivity index (χ1v) is 6.50. The third kappa shape index (κ3) is 1.73. The fourth-order valence-electron chi connectivity index (χ4n) is 2.53. The molecule has 0 radical (unpaired) electrons. The molecule has 96 valence electrons. The van der Waals surface area contributed by atoms with E-state index in [0.717, 1.165) is 22.8 Å². The van der Waals surface area contributed by atoms with Crippen molar-refractivity contribution in [1.82, 2.24) is 9.97 Å². The molecule has 0 amide bonds. The van der Waals surface area contributed by atoms with E-state index in [1.807, 2.05) is 0 Å². The summed E-state index contributed by atoms with van der Waals surface area (Å²) in [4.78, 5) is 12.9. The minimum atomic E-state index is 0.528. The molecule has 3 aromatic rings. The van der Waals surface area contributed by atoms with Crippen LogP contribution in [0.5, 0.6) is 0 Å². The Hall–Kier alpha value is -2.75. The Kier molecular flexibility index (Phi) is 2.45. The Morgan fingerprint density at radius 3 is 2.80 bits per heavy atom. The van der Waals surface area contributed by atoms with Crippen LogP contribution in [0.15, 0.2) is 60.0 Å². The van der Waals surface area contributed by atoms with Crippen LogP contribution in [0.1, 0.15) is 11.3 Å². The van der Waals surface area contributed by atoms with Crippen LogP contribution in [0.4, 0.5) is 5.69 Å². The molecule has 2 heterocycles. The van der Waals surface area contributed by atoms with Crippen LogP contribution in [-0.2, 0) is 6.54 Å². The van der Waals surface area contributed by atoms with E-state index in [1.165, 1.54) is 10.8 Å². The first-order valence-electron chi connectivity index (χ1n) is 6.50. The van der Waals surface area contributed by atoms with Crippen LogP contribution in [-0.4, -0.2) is 15.8 Å². The molecule has 20 heavy (non-hydrogen) atoms. The highest BCUT2D eigenvalue weighted by Crippen LogP contribution is 2.32. The lowest BCUT2D eigenvalue weighted by Crippen LogP contribution is -2.07. The molecule has 4 heteroatoms. The summed E-state index contributed by atoms with van der Waals surface area (Å²) in [5.74, 6) is 0.905. The van der Waals surface area contributed by atoms with Crippen molar-refractivity contribution in [3.8, 4) is 0 Å². The minimum Gasteiger partial charge on any atom is -0.339 e. The summed E-state index contributed by atoms with van der Waals surface area (Å²) < 4.78 is 0. The summed E-state index contributed by atoms with van der Waals surface area (Å²) in [7, 11) is 0. The van der Waals surface area contributed by atoms with Crippen LogP contribution in [0.25, 0.3) is 10.8 Å². The van der Waals surface area contributed by atoms with Crippen molar-refractivity contribution in [3.63, 3.8) is 0 Å². The van der Waals surface area contributed by atoms with Crippen LogP contribution >= 0.6 is 0 Å². The molecule has 4 rings (SSSR count). The Morgan fingerprint density at radius 1 is 1.05 bits per heavy atom. The smallest absolute Gasteiger partial charge is 0.133 e. The highest BCUT2D eigenvalue weighted by Gasteiger charge is 2.18. The van der Waals surface area contributed by atoms with Gasteiger partial charge in [0.05, 0.1) is 18.4 Å². The average Bonchev–Trinajstić information content (AvgIpc) is 2.87. The highest BCUT2D eigenvalue weighted by atomic mass is 15.0. The van der Waals surface area contributed by atoms with Gasteiger partial charge in [-0.1, -0.05) is 30.3 Å². The third-order valence-electron chi connectivity index (χ3n) is 3.43. The number of benzene rings is 2. The fourth-order valence-corrected chi connectivity index (χ4v) is 2.53. The van der Waals surface area contributed by atoms with Gasteiger partial charge in [0.1, 0.15) is 5.84 Å². The molecule has 0 saturated heterocycles. The number of hydrogen-bond donors (Lipinski definition) is 1. The van der Waals surface area contributed by atoms with E-state index < -0.39 is 0 Å². The van der Waals surface area contributed by atoms with Gasteiger partial charge in [-0.05, 0) is 11.5 Å². The van der Waals surface area contributed by atoms with E-state index >= 15 is 0 Å². The summed E-state index contributed by atoms with van der Waals surface area (Å²) in [5.41, 5.74) is 3.14. The van der Waals surface area contributed by atoms with Gasteiger partial charge in [-0.3, -0.25) is 15.0 Å². The maximum Gasteiger partial charge on any atom is 0.133 e. The van der Waals surface area contributed by atoms with Gasteiger partial charge in [0, 0.05) is 29.0 Å². The zero-order chi connectivity index (χ0) is 13.4. The lowest BCUT2D eigenvalue weighted by Gasteiger charge is -2.00. The number of aliphatic imine (C=N–C) groups is 1. The molecule has 2 aromatic carbocycles. The van der Waals surface area contributed by atoms with Crippen molar-refractivity contribution in [1.29, 1.82) is 0 Å². The van der Waals surface area contributed by atoms with E-state index in [1.54, 1.807) is 18.6 Å². The molecule has 0 atom stereocenters. The van der Waals surface area contributed by atoms with Crippen molar-refractivity contribution in [2.45, 2.75) is 6.54 Å². The summed E-state index contributed by atoms with van der Waals surface area (Å²) in [6, 6.07) is 12.5. The molecule has 0 spiro atoms. The molecule has 0 saturated carbocycles. The van der Waals surface area contributed by atoms with Crippen LogP contribution < -0.4 is 5.32 Å². The van der Waals surface area contributed by atoms with Gasteiger partial charge in [0.15, 0.2) is 0 Å². The molecule has 0 aliphatic carbocycles. The molecule has 1 aromatic heterocycles. The molecule has 1 aliphatic heterocycles. The van der Waals surface area contributed by atoms with Crippen LogP contribution in [0.3, 0.4) is 0 Å². The SMILES string of the molecule is c1cc2c3c(cccc3c1)C(=NCc1cnccn1)N2. The normalized spacial score (nSPS) is 14.7. The Morgan fingerprint density at radius 2 is 1.95 bits per heavy atom. The van der Waals surface area contributed by atoms with Gasteiger partial charge in [0.25, 0.3) is 0 Å². The largest absolute Gasteiger partial charge is 0.339 e. The number of anilines is 1. The Labute approximate surface area is 116 Å². The van der Waals surface area contributed by atoms with Gasteiger partial charge in [-0.15, -0.1) is 0 Å². The van der Waals surface area contributed by atoms with E-state index in [2.05, 4.69) is 56.7 Å². The summed E-state index contributed by atoms with van der Waals surface area (Å²) in [6.45, 7) is 0.528. The number of nitrogens with one attached hydrogen (secondary N) is 1. The first kappa shape index (κ1) is 11.1. The predicted molar refractivity (Wildman–Crippen MR) is 79.8 cm³/mol. The van der Waals surface area contributed by atoms with Crippen molar-refractivity contribution in [2.75, 3.05) is 5.32 Å². The summed E-state index contributed by atoms with van der Waals surface area (Å²) >= 11 is 0. The minimum absolute atomic E-state index is 0.528. The zero-order valence-electron chi connectivity index (χ0n) is 10.7. The quantitative estimate of drug-likeness (QED) is 0.770. The van der Waals surface area contributed by atoms with Crippen molar-refractivity contribution in [3.05, 3.63) is 66.2 Å². The van der Waals surface area contributed by atoms with Gasteiger partial charge in [-0.25, -0.2) is 0 Å². The van der Waals surface area contributed by atoms with Gasteiger partial charge >= 0.3 is 0 Å². The molecule has 0 fully saturated rings. The van der Waals surface area contributed by atoms with Gasteiger partial charge < -0.3 is 5.32 Å².